The van der Waals surface area contributed by atoms with Crippen molar-refractivity contribution in [3.8, 4) is 0 Å². The molecule has 0 bridgehead atoms. The van der Waals surface area contributed by atoms with Crippen LogP contribution in [0, 0.1) is 0 Å². The molecular formula is C9H8N2O. The van der Waals surface area contributed by atoms with Gasteiger partial charge in [0.1, 0.15) is 5.92 Å². The molecule has 0 saturated carbocycles. The van der Waals surface area contributed by atoms with Gasteiger partial charge in [-0.25, -0.2) is 4.99 Å². The molecular weight excluding hydrogens is 152 g/mol. The summed E-state index contributed by atoms with van der Waals surface area (Å²) in [7, 11) is 0. The standard InChI is InChI=1S/C9H8N2O/c1-6-5-11-9(12)8(6)7-3-2-4-10-7/h2-5,8,10H,1H2. The Morgan fingerprint density at radius 3 is 2.92 bits per heavy atom. The van der Waals surface area contributed by atoms with Crippen molar-refractivity contribution in [3.63, 3.8) is 0 Å². The van der Waals surface area contributed by atoms with Gasteiger partial charge in [-0.3, -0.25) is 4.79 Å². The lowest BCUT2D eigenvalue weighted by atomic mass is 10.00. The van der Waals surface area contributed by atoms with Crippen LogP contribution in [-0.4, -0.2) is 17.1 Å². The van der Waals surface area contributed by atoms with Gasteiger partial charge in [0, 0.05) is 18.1 Å². The molecule has 1 aromatic rings. The number of carbonyl (C=O) groups is 1. The van der Waals surface area contributed by atoms with E-state index >= 15 is 0 Å². The minimum Gasteiger partial charge on any atom is -0.364 e. The minimum absolute atomic E-state index is 0.137. The van der Waals surface area contributed by atoms with Crippen LogP contribution < -0.4 is 0 Å². The Bertz CT molecular complexity index is 331. The number of aliphatic imine (C=N–C) groups is 1. The highest BCUT2D eigenvalue weighted by Gasteiger charge is 2.27. The van der Waals surface area contributed by atoms with Crippen LogP contribution >= 0.6 is 0 Å². The number of rotatable bonds is 1. The Morgan fingerprint density at radius 1 is 1.58 bits per heavy atom. The van der Waals surface area contributed by atoms with Gasteiger partial charge in [-0.15, -0.1) is 0 Å². The molecule has 0 spiro atoms. The van der Waals surface area contributed by atoms with Crippen molar-refractivity contribution in [3.05, 3.63) is 36.2 Å². The van der Waals surface area contributed by atoms with E-state index in [1.54, 1.807) is 6.20 Å². The lowest BCUT2D eigenvalue weighted by Crippen LogP contribution is -2.06. The van der Waals surface area contributed by atoms with Crippen molar-refractivity contribution in [2.75, 3.05) is 0 Å². The first-order chi connectivity index (χ1) is 5.79. The first-order valence-electron chi connectivity index (χ1n) is 3.69. The Hall–Kier alpha value is -1.64. The Morgan fingerprint density at radius 2 is 2.42 bits per heavy atom. The highest BCUT2D eigenvalue weighted by atomic mass is 16.1. The summed E-state index contributed by atoms with van der Waals surface area (Å²) in [6.07, 6.45) is 3.31. The second-order valence-electron chi connectivity index (χ2n) is 2.73. The van der Waals surface area contributed by atoms with Gasteiger partial charge < -0.3 is 4.98 Å². The number of aromatic amines is 1. The molecule has 0 aliphatic carbocycles. The summed E-state index contributed by atoms with van der Waals surface area (Å²) in [5.41, 5.74) is 1.62. The van der Waals surface area contributed by atoms with Crippen molar-refractivity contribution in [2.24, 2.45) is 4.99 Å². The number of hydrogen-bond acceptors (Lipinski definition) is 1. The monoisotopic (exact) mass is 160 g/mol. The Labute approximate surface area is 69.8 Å². The highest BCUT2D eigenvalue weighted by Crippen LogP contribution is 2.25. The van der Waals surface area contributed by atoms with Crippen LogP contribution in [0.3, 0.4) is 0 Å². The number of nitrogens with zero attached hydrogens (tertiary/aromatic N) is 1. The van der Waals surface area contributed by atoms with Gasteiger partial charge in [0.25, 0.3) is 5.91 Å². The second-order valence-corrected chi connectivity index (χ2v) is 2.73. The van der Waals surface area contributed by atoms with E-state index in [-0.39, 0.29) is 11.8 Å². The molecule has 1 atom stereocenters. The molecule has 1 aliphatic heterocycles. The van der Waals surface area contributed by atoms with Crippen LogP contribution in [0.15, 0.2) is 35.5 Å². The molecule has 1 unspecified atom stereocenters. The van der Waals surface area contributed by atoms with Crippen molar-refractivity contribution in [2.45, 2.75) is 5.92 Å². The van der Waals surface area contributed by atoms with E-state index in [1.165, 1.54) is 6.21 Å². The van der Waals surface area contributed by atoms with E-state index in [2.05, 4.69) is 16.6 Å². The Kier molecular flexibility index (Phi) is 1.43. The number of hydrogen-bond donors (Lipinski definition) is 1. The van der Waals surface area contributed by atoms with E-state index in [9.17, 15) is 4.79 Å². The van der Waals surface area contributed by atoms with Crippen LogP contribution in [0.5, 0.6) is 0 Å². The third-order valence-electron chi connectivity index (χ3n) is 1.91. The summed E-state index contributed by atoms with van der Waals surface area (Å²) < 4.78 is 0. The van der Waals surface area contributed by atoms with Crippen LogP contribution in [0.25, 0.3) is 0 Å². The van der Waals surface area contributed by atoms with Crippen LogP contribution in [0.1, 0.15) is 11.6 Å². The molecule has 3 nitrogen and oxygen atoms in total. The number of nitrogens with one attached hydrogen (secondary N) is 1. The lowest BCUT2D eigenvalue weighted by Gasteiger charge is -2.04. The van der Waals surface area contributed by atoms with E-state index in [1.807, 2.05) is 12.1 Å². The second kappa shape index (κ2) is 2.44. The van der Waals surface area contributed by atoms with Gasteiger partial charge in [0.15, 0.2) is 0 Å². The molecule has 1 aromatic heterocycles. The van der Waals surface area contributed by atoms with Crippen LogP contribution in [0.2, 0.25) is 0 Å². The zero-order valence-electron chi connectivity index (χ0n) is 6.45. The van der Waals surface area contributed by atoms with Crippen molar-refractivity contribution in [1.82, 2.24) is 4.98 Å². The SMILES string of the molecule is C=C1C=NC(=O)C1c1ccc[nH]1. The Balaban J connectivity index is 2.37. The topological polar surface area (TPSA) is 45.2 Å². The van der Waals surface area contributed by atoms with Crippen molar-refractivity contribution in [1.29, 1.82) is 0 Å². The van der Waals surface area contributed by atoms with Gasteiger partial charge in [0.05, 0.1) is 0 Å². The molecule has 1 aliphatic rings. The quantitative estimate of drug-likeness (QED) is 0.660. The zero-order valence-corrected chi connectivity index (χ0v) is 6.45. The molecule has 0 radical (unpaired) electrons. The predicted molar refractivity (Wildman–Crippen MR) is 46.2 cm³/mol. The molecule has 60 valence electrons. The molecule has 0 aromatic carbocycles. The summed E-state index contributed by atoms with van der Waals surface area (Å²) in [6.45, 7) is 3.75. The fourth-order valence-corrected chi connectivity index (χ4v) is 1.31. The smallest absolute Gasteiger partial charge is 0.259 e. The fourth-order valence-electron chi connectivity index (χ4n) is 1.31. The van der Waals surface area contributed by atoms with Gasteiger partial charge in [-0.05, 0) is 17.7 Å². The maximum atomic E-state index is 11.2. The number of carbonyl (C=O) groups excluding carboxylic acids is 1. The van der Waals surface area contributed by atoms with E-state index in [4.69, 9.17) is 0 Å². The van der Waals surface area contributed by atoms with Gasteiger partial charge >= 0.3 is 0 Å². The summed E-state index contributed by atoms with van der Waals surface area (Å²) in [5.74, 6) is -0.414. The molecule has 1 N–H and O–H groups in total. The summed E-state index contributed by atoms with van der Waals surface area (Å²) in [4.78, 5) is 17.9. The fraction of sp³-hybridized carbons (Fsp3) is 0.111. The molecule has 3 heteroatoms. The number of amides is 1. The summed E-state index contributed by atoms with van der Waals surface area (Å²) in [6, 6.07) is 3.72. The molecule has 0 saturated heterocycles. The number of aromatic nitrogens is 1. The third-order valence-corrected chi connectivity index (χ3v) is 1.91. The molecule has 1 amide bonds. The molecule has 2 rings (SSSR count). The van der Waals surface area contributed by atoms with Crippen molar-refractivity contribution < 1.29 is 4.79 Å². The predicted octanol–water partition coefficient (Wildman–Crippen LogP) is 1.27. The van der Waals surface area contributed by atoms with Gasteiger partial charge in [-0.1, -0.05) is 6.58 Å². The minimum atomic E-state index is -0.278. The normalized spacial score (nSPS) is 22.2. The number of H-pyrrole nitrogens is 1. The average molecular weight is 160 g/mol. The third kappa shape index (κ3) is 0.906. The van der Waals surface area contributed by atoms with Gasteiger partial charge in [0.2, 0.25) is 0 Å². The van der Waals surface area contributed by atoms with Gasteiger partial charge in [-0.2, -0.15) is 0 Å². The van der Waals surface area contributed by atoms with E-state index < -0.39 is 0 Å². The molecule has 0 fully saturated rings. The average Bonchev–Trinajstić information content (AvgIpc) is 2.61. The molecule has 2 heterocycles. The molecule has 12 heavy (non-hydrogen) atoms. The highest BCUT2D eigenvalue weighted by molar-refractivity contribution is 6.06. The zero-order chi connectivity index (χ0) is 8.55. The van der Waals surface area contributed by atoms with Crippen LogP contribution in [0.4, 0.5) is 0 Å². The lowest BCUT2D eigenvalue weighted by molar-refractivity contribution is -0.117. The largest absolute Gasteiger partial charge is 0.364 e. The maximum Gasteiger partial charge on any atom is 0.259 e. The van der Waals surface area contributed by atoms with Crippen LogP contribution in [-0.2, 0) is 4.79 Å². The first-order valence-corrected chi connectivity index (χ1v) is 3.69. The first kappa shape index (κ1) is 7.03. The van der Waals surface area contributed by atoms with Crippen molar-refractivity contribution >= 4 is 12.1 Å². The maximum absolute atomic E-state index is 11.2. The van der Waals surface area contributed by atoms with E-state index in [0.717, 1.165) is 11.3 Å². The van der Waals surface area contributed by atoms with E-state index in [0.29, 0.717) is 0 Å². The summed E-state index contributed by atoms with van der Waals surface area (Å²) >= 11 is 0. The summed E-state index contributed by atoms with van der Waals surface area (Å²) in [5, 5.41) is 0.